The molecule has 5 atom stereocenters. The van der Waals surface area contributed by atoms with Gasteiger partial charge in [0.05, 0.1) is 0 Å². The number of amides is 1. The molecular weight excluding hydrogens is 224 g/mol. The summed E-state index contributed by atoms with van der Waals surface area (Å²) in [5.74, 6) is 3.60. The molecule has 100 valence electrons. The van der Waals surface area contributed by atoms with Gasteiger partial charge < -0.3 is 0 Å². The highest BCUT2D eigenvalue weighted by atomic mass is 16.2. The molecule has 0 saturated heterocycles. The van der Waals surface area contributed by atoms with Gasteiger partial charge in [-0.25, -0.2) is 5.43 Å². The third-order valence-corrected chi connectivity index (χ3v) is 5.57. The number of carbonyl (C=O) groups excluding carboxylic acids is 1. The van der Waals surface area contributed by atoms with Gasteiger partial charge in [-0.05, 0) is 49.9 Å². The van der Waals surface area contributed by atoms with E-state index in [4.69, 9.17) is 0 Å². The third kappa shape index (κ3) is 1.88. The van der Waals surface area contributed by atoms with Crippen LogP contribution in [0.25, 0.3) is 0 Å². The Morgan fingerprint density at radius 2 is 2.22 bits per heavy atom. The van der Waals surface area contributed by atoms with Gasteiger partial charge in [-0.1, -0.05) is 20.3 Å². The number of hydrazone groups is 1. The maximum absolute atomic E-state index is 11.7. The molecule has 0 aromatic carbocycles. The Morgan fingerprint density at radius 1 is 1.44 bits per heavy atom. The molecule has 0 spiro atoms. The van der Waals surface area contributed by atoms with Crippen molar-refractivity contribution >= 4 is 11.6 Å². The number of nitrogens with zero attached hydrogens (tertiary/aromatic N) is 1. The van der Waals surface area contributed by atoms with E-state index in [2.05, 4.69) is 10.5 Å². The molecule has 2 bridgehead atoms. The molecule has 0 radical (unpaired) electrons. The highest BCUT2D eigenvalue weighted by Crippen LogP contribution is 2.57. The number of nitrogens with one attached hydrogen (secondary N) is 1. The van der Waals surface area contributed by atoms with Gasteiger partial charge in [0, 0.05) is 17.5 Å². The molecule has 1 N–H and O–H groups in total. The van der Waals surface area contributed by atoms with Crippen LogP contribution in [0, 0.1) is 29.6 Å². The van der Waals surface area contributed by atoms with E-state index >= 15 is 0 Å². The normalized spacial score (nSPS) is 41.1. The predicted octanol–water partition coefficient (Wildman–Crippen LogP) is 2.96. The molecule has 1 amide bonds. The Hall–Kier alpha value is -0.860. The van der Waals surface area contributed by atoms with Crippen molar-refractivity contribution in [2.45, 2.75) is 52.4 Å². The lowest BCUT2D eigenvalue weighted by atomic mass is 9.81. The van der Waals surface area contributed by atoms with Gasteiger partial charge >= 0.3 is 0 Å². The molecule has 3 fully saturated rings. The number of hydrogen-bond donors (Lipinski definition) is 1. The fraction of sp³-hybridized carbons (Fsp3) is 0.867. The zero-order valence-electron chi connectivity index (χ0n) is 11.5. The topological polar surface area (TPSA) is 41.5 Å². The molecule has 3 nitrogen and oxygen atoms in total. The fourth-order valence-corrected chi connectivity index (χ4v) is 4.37. The summed E-state index contributed by atoms with van der Waals surface area (Å²) in [5, 5.41) is 4.45. The molecule has 3 rings (SSSR count). The largest absolute Gasteiger partial charge is 0.273 e. The van der Waals surface area contributed by atoms with Crippen molar-refractivity contribution in [1.82, 2.24) is 5.43 Å². The summed E-state index contributed by atoms with van der Waals surface area (Å²) >= 11 is 0. The van der Waals surface area contributed by atoms with Crippen LogP contribution in [0.15, 0.2) is 5.10 Å². The molecule has 3 aliphatic carbocycles. The molecule has 0 aromatic heterocycles. The second-order valence-electron chi connectivity index (χ2n) is 6.45. The molecule has 0 unspecified atom stereocenters. The van der Waals surface area contributed by atoms with Crippen molar-refractivity contribution in [2.24, 2.45) is 34.7 Å². The highest BCUT2D eigenvalue weighted by molar-refractivity contribution is 5.91. The number of hydrogen-bond acceptors (Lipinski definition) is 2. The number of fused-ring (bicyclic) bond motifs is 5. The lowest BCUT2D eigenvalue weighted by molar-refractivity contribution is -0.124. The van der Waals surface area contributed by atoms with Crippen LogP contribution in [0.1, 0.15) is 52.4 Å². The average Bonchev–Trinajstić information content (AvgIpc) is 3.05. The van der Waals surface area contributed by atoms with Crippen LogP contribution in [0.5, 0.6) is 0 Å². The lowest BCUT2D eigenvalue weighted by Gasteiger charge is -2.25. The molecular formula is C15H24N2O. The summed E-state index contributed by atoms with van der Waals surface area (Å²) in [6, 6.07) is 0. The first kappa shape index (κ1) is 12.2. The van der Waals surface area contributed by atoms with Crippen LogP contribution in [0.2, 0.25) is 0 Å². The van der Waals surface area contributed by atoms with Gasteiger partial charge in [-0.2, -0.15) is 5.10 Å². The van der Waals surface area contributed by atoms with E-state index in [1.165, 1.54) is 31.4 Å². The van der Waals surface area contributed by atoms with Crippen LogP contribution in [0.3, 0.4) is 0 Å². The smallest absolute Gasteiger partial charge is 0.242 e. The van der Waals surface area contributed by atoms with Crippen molar-refractivity contribution in [3.63, 3.8) is 0 Å². The maximum Gasteiger partial charge on any atom is 0.242 e. The van der Waals surface area contributed by atoms with E-state index in [1.54, 1.807) is 0 Å². The Labute approximate surface area is 109 Å². The van der Waals surface area contributed by atoms with Gasteiger partial charge in [0.2, 0.25) is 5.91 Å². The molecule has 0 aromatic rings. The fourth-order valence-electron chi connectivity index (χ4n) is 4.37. The lowest BCUT2D eigenvalue weighted by Crippen LogP contribution is -2.30. The van der Waals surface area contributed by atoms with Crippen molar-refractivity contribution in [2.75, 3.05) is 0 Å². The van der Waals surface area contributed by atoms with Crippen LogP contribution in [0.4, 0.5) is 0 Å². The monoisotopic (exact) mass is 248 g/mol. The first-order chi connectivity index (χ1) is 8.70. The van der Waals surface area contributed by atoms with Gasteiger partial charge in [0.25, 0.3) is 0 Å². The summed E-state index contributed by atoms with van der Waals surface area (Å²) in [6.07, 6.45) is 7.62. The van der Waals surface area contributed by atoms with Crippen LogP contribution >= 0.6 is 0 Å². The first-order valence-corrected chi connectivity index (χ1v) is 7.57. The van der Waals surface area contributed by atoms with Crippen molar-refractivity contribution in [3.05, 3.63) is 0 Å². The van der Waals surface area contributed by atoms with E-state index in [1.807, 2.05) is 13.8 Å². The summed E-state index contributed by atoms with van der Waals surface area (Å²) in [4.78, 5) is 11.7. The standard InChI is InChI=1S/C15H24N2O/c1-3-9(2)15(18)17-16-14-8-10-7-13(14)12-6-4-5-11(10)12/h9-13H,3-8H2,1-2H3,(H,17,18)/t9-,10+,11-,12-,13-/m0/s1. The van der Waals surface area contributed by atoms with Crippen molar-refractivity contribution < 1.29 is 4.79 Å². The molecule has 0 heterocycles. The Kier molecular flexibility index (Phi) is 3.16. The Morgan fingerprint density at radius 3 is 3.00 bits per heavy atom. The SMILES string of the molecule is CC[C@H](C)C(=O)NN=C1C[C@H]2C[C@H]1[C@H]1CCC[C@@H]21. The Balaban J connectivity index is 1.63. The zero-order valence-corrected chi connectivity index (χ0v) is 11.5. The van der Waals surface area contributed by atoms with Gasteiger partial charge in [-0.15, -0.1) is 0 Å². The van der Waals surface area contributed by atoms with E-state index in [0.29, 0.717) is 5.92 Å². The van der Waals surface area contributed by atoms with E-state index in [0.717, 1.165) is 30.6 Å². The van der Waals surface area contributed by atoms with E-state index in [-0.39, 0.29) is 11.8 Å². The summed E-state index contributed by atoms with van der Waals surface area (Å²) in [6.45, 7) is 4.00. The predicted molar refractivity (Wildman–Crippen MR) is 72.1 cm³/mol. The third-order valence-electron chi connectivity index (χ3n) is 5.57. The van der Waals surface area contributed by atoms with Crippen molar-refractivity contribution in [3.8, 4) is 0 Å². The van der Waals surface area contributed by atoms with E-state index in [9.17, 15) is 4.79 Å². The van der Waals surface area contributed by atoms with E-state index < -0.39 is 0 Å². The van der Waals surface area contributed by atoms with Crippen LogP contribution in [-0.2, 0) is 4.79 Å². The van der Waals surface area contributed by atoms with Gasteiger partial charge in [0.1, 0.15) is 0 Å². The second kappa shape index (κ2) is 4.67. The minimum atomic E-state index is 0.0761. The molecule has 3 aliphatic rings. The maximum atomic E-state index is 11.7. The molecule has 3 saturated carbocycles. The quantitative estimate of drug-likeness (QED) is 0.766. The average molecular weight is 248 g/mol. The number of rotatable bonds is 3. The van der Waals surface area contributed by atoms with Gasteiger partial charge in [0.15, 0.2) is 0 Å². The summed E-state index contributed by atoms with van der Waals surface area (Å²) in [7, 11) is 0. The summed E-state index contributed by atoms with van der Waals surface area (Å²) < 4.78 is 0. The molecule has 0 aliphatic heterocycles. The Bertz CT molecular complexity index is 377. The van der Waals surface area contributed by atoms with Crippen LogP contribution < -0.4 is 5.43 Å². The second-order valence-corrected chi connectivity index (χ2v) is 6.45. The molecule has 3 heteroatoms. The van der Waals surface area contributed by atoms with Gasteiger partial charge in [-0.3, -0.25) is 4.79 Å². The van der Waals surface area contributed by atoms with Crippen LogP contribution in [-0.4, -0.2) is 11.6 Å². The minimum absolute atomic E-state index is 0.0761. The molecule has 18 heavy (non-hydrogen) atoms. The summed E-state index contributed by atoms with van der Waals surface area (Å²) in [5.41, 5.74) is 4.08. The minimum Gasteiger partial charge on any atom is -0.273 e. The zero-order chi connectivity index (χ0) is 12.7. The first-order valence-electron chi connectivity index (χ1n) is 7.57. The highest BCUT2D eigenvalue weighted by Gasteiger charge is 2.52. The number of carbonyl (C=O) groups is 1. The van der Waals surface area contributed by atoms with Crippen molar-refractivity contribution in [1.29, 1.82) is 0 Å².